The van der Waals surface area contributed by atoms with E-state index in [1.54, 1.807) is 6.92 Å². The van der Waals surface area contributed by atoms with Crippen LogP contribution in [0.1, 0.15) is 6.92 Å². The van der Waals surface area contributed by atoms with Crippen LogP contribution in [0.2, 0.25) is 0 Å². The molecule has 58 valence electrons. The molecular weight excluding hydrogens is 128 g/mol. The van der Waals surface area contributed by atoms with Gasteiger partial charge in [0.2, 0.25) is 0 Å². The van der Waals surface area contributed by atoms with E-state index in [1.807, 2.05) is 7.05 Å². The third-order valence-electron chi connectivity index (χ3n) is 2.07. The third kappa shape index (κ3) is 1.36. The molecule has 0 radical (unpaired) electrons. The van der Waals surface area contributed by atoms with Gasteiger partial charge in [0.05, 0.1) is 0 Å². The first-order chi connectivity index (χ1) is 4.61. The van der Waals surface area contributed by atoms with E-state index in [0.717, 1.165) is 13.1 Å². The fourth-order valence-electron chi connectivity index (χ4n) is 1.46. The Labute approximate surface area is 61.2 Å². The van der Waals surface area contributed by atoms with Crippen LogP contribution in [-0.2, 0) is 4.79 Å². The molecule has 1 saturated heterocycles. The van der Waals surface area contributed by atoms with Gasteiger partial charge in [-0.2, -0.15) is 0 Å². The molecule has 3 heteroatoms. The van der Waals surface area contributed by atoms with Gasteiger partial charge in [-0.15, -0.1) is 0 Å². The Hall–Kier alpha value is -0.410. The number of carbonyl (C=O) groups is 1. The molecule has 1 aliphatic rings. The Morgan fingerprint density at radius 1 is 1.60 bits per heavy atom. The van der Waals surface area contributed by atoms with Crippen LogP contribution < -0.4 is 5.73 Å². The van der Waals surface area contributed by atoms with E-state index in [4.69, 9.17) is 5.73 Å². The lowest BCUT2D eigenvalue weighted by Gasteiger charge is -2.08. The minimum Gasteiger partial charge on any atom is -0.326 e. The maximum absolute atomic E-state index is 10.9. The second kappa shape index (κ2) is 2.68. The van der Waals surface area contributed by atoms with Crippen molar-refractivity contribution in [2.24, 2.45) is 11.7 Å². The van der Waals surface area contributed by atoms with Crippen molar-refractivity contribution in [3.63, 3.8) is 0 Å². The van der Waals surface area contributed by atoms with E-state index in [-0.39, 0.29) is 17.7 Å². The molecule has 1 heterocycles. The van der Waals surface area contributed by atoms with Gasteiger partial charge in [-0.3, -0.25) is 4.79 Å². The van der Waals surface area contributed by atoms with Crippen LogP contribution in [0.15, 0.2) is 0 Å². The molecule has 2 atom stereocenters. The molecule has 3 nitrogen and oxygen atoms in total. The molecule has 0 amide bonds. The minimum atomic E-state index is 0.0579. The highest BCUT2D eigenvalue weighted by Crippen LogP contribution is 2.13. The number of ketones is 1. The standard InChI is InChI=1S/C7H14N2O/c1-5(10)6-3-9(2)4-7(6)8/h6-7H,3-4,8H2,1-2H3/t6-,7+/m1/s1. The van der Waals surface area contributed by atoms with Crippen molar-refractivity contribution in [2.45, 2.75) is 13.0 Å². The van der Waals surface area contributed by atoms with Gasteiger partial charge in [0.25, 0.3) is 0 Å². The summed E-state index contributed by atoms with van der Waals surface area (Å²) in [4.78, 5) is 13.0. The van der Waals surface area contributed by atoms with E-state index in [9.17, 15) is 4.79 Å². The summed E-state index contributed by atoms with van der Waals surface area (Å²) < 4.78 is 0. The molecule has 0 aromatic carbocycles. The first-order valence-corrected chi connectivity index (χ1v) is 3.56. The zero-order valence-corrected chi connectivity index (χ0v) is 6.50. The molecule has 0 saturated carbocycles. The molecular formula is C7H14N2O. The molecule has 10 heavy (non-hydrogen) atoms. The van der Waals surface area contributed by atoms with Crippen LogP contribution in [0.5, 0.6) is 0 Å². The number of nitrogens with zero attached hydrogens (tertiary/aromatic N) is 1. The van der Waals surface area contributed by atoms with Crippen molar-refractivity contribution in [1.82, 2.24) is 4.90 Å². The van der Waals surface area contributed by atoms with Crippen molar-refractivity contribution in [3.05, 3.63) is 0 Å². The highest BCUT2D eigenvalue weighted by atomic mass is 16.1. The summed E-state index contributed by atoms with van der Waals surface area (Å²) in [5.74, 6) is 0.293. The molecule has 0 aromatic heterocycles. The number of likely N-dealkylation sites (tertiary alicyclic amines) is 1. The second-order valence-corrected chi connectivity index (χ2v) is 3.10. The van der Waals surface area contributed by atoms with Gasteiger partial charge in [-0.1, -0.05) is 0 Å². The first kappa shape index (κ1) is 7.69. The molecule has 0 bridgehead atoms. The molecule has 1 aliphatic heterocycles. The monoisotopic (exact) mass is 142 g/mol. The molecule has 2 N–H and O–H groups in total. The van der Waals surface area contributed by atoms with Gasteiger partial charge in [0, 0.05) is 25.0 Å². The Bertz CT molecular complexity index is 147. The van der Waals surface area contributed by atoms with E-state index >= 15 is 0 Å². The fourth-order valence-corrected chi connectivity index (χ4v) is 1.46. The van der Waals surface area contributed by atoms with E-state index in [2.05, 4.69) is 4.90 Å². The fraction of sp³-hybridized carbons (Fsp3) is 0.857. The summed E-state index contributed by atoms with van der Waals surface area (Å²) in [5, 5.41) is 0. The average Bonchev–Trinajstić information content (AvgIpc) is 2.10. The lowest BCUT2D eigenvalue weighted by Crippen LogP contribution is -2.32. The summed E-state index contributed by atoms with van der Waals surface area (Å²) in [6.45, 7) is 3.30. The zero-order valence-electron chi connectivity index (χ0n) is 6.50. The van der Waals surface area contributed by atoms with Crippen LogP contribution >= 0.6 is 0 Å². The number of nitrogens with two attached hydrogens (primary N) is 1. The van der Waals surface area contributed by atoms with Crippen molar-refractivity contribution in [3.8, 4) is 0 Å². The summed E-state index contributed by atoms with van der Waals surface area (Å²) in [6, 6.07) is 0.0579. The summed E-state index contributed by atoms with van der Waals surface area (Å²) in [7, 11) is 1.99. The maximum atomic E-state index is 10.9. The number of carbonyl (C=O) groups excluding carboxylic acids is 1. The van der Waals surface area contributed by atoms with Crippen LogP contribution in [0.25, 0.3) is 0 Å². The van der Waals surface area contributed by atoms with Crippen molar-refractivity contribution in [1.29, 1.82) is 0 Å². The zero-order chi connectivity index (χ0) is 7.72. The smallest absolute Gasteiger partial charge is 0.135 e. The minimum absolute atomic E-state index is 0.0579. The van der Waals surface area contributed by atoms with Crippen molar-refractivity contribution in [2.75, 3.05) is 20.1 Å². The second-order valence-electron chi connectivity index (χ2n) is 3.10. The Kier molecular flexibility index (Phi) is 2.06. The van der Waals surface area contributed by atoms with Crippen LogP contribution in [0.4, 0.5) is 0 Å². The summed E-state index contributed by atoms with van der Waals surface area (Å²) >= 11 is 0. The largest absolute Gasteiger partial charge is 0.326 e. The first-order valence-electron chi connectivity index (χ1n) is 3.56. The molecule has 1 fully saturated rings. The molecule has 0 spiro atoms. The molecule has 1 rings (SSSR count). The van der Waals surface area contributed by atoms with Gasteiger partial charge in [-0.25, -0.2) is 0 Å². The Balaban J connectivity index is 2.54. The maximum Gasteiger partial charge on any atom is 0.135 e. The average molecular weight is 142 g/mol. The van der Waals surface area contributed by atoms with Crippen LogP contribution in [0.3, 0.4) is 0 Å². The van der Waals surface area contributed by atoms with Gasteiger partial charge >= 0.3 is 0 Å². The van der Waals surface area contributed by atoms with E-state index in [1.165, 1.54) is 0 Å². The van der Waals surface area contributed by atoms with Crippen LogP contribution in [-0.4, -0.2) is 36.9 Å². The van der Waals surface area contributed by atoms with Crippen molar-refractivity contribution < 1.29 is 4.79 Å². The summed E-state index contributed by atoms with van der Waals surface area (Å²) in [5.41, 5.74) is 5.71. The molecule has 0 aromatic rings. The lowest BCUT2D eigenvalue weighted by atomic mass is 10.0. The number of hydrogen-bond donors (Lipinski definition) is 1. The normalized spacial score (nSPS) is 34.7. The quantitative estimate of drug-likeness (QED) is 0.535. The Morgan fingerprint density at radius 3 is 2.40 bits per heavy atom. The predicted octanol–water partition coefficient (Wildman–Crippen LogP) is -0.536. The lowest BCUT2D eigenvalue weighted by molar-refractivity contribution is -0.120. The third-order valence-corrected chi connectivity index (χ3v) is 2.07. The molecule has 0 unspecified atom stereocenters. The van der Waals surface area contributed by atoms with Gasteiger partial charge in [-0.05, 0) is 14.0 Å². The number of rotatable bonds is 1. The van der Waals surface area contributed by atoms with Gasteiger partial charge < -0.3 is 10.6 Å². The molecule has 0 aliphatic carbocycles. The predicted molar refractivity (Wildman–Crippen MR) is 39.6 cm³/mol. The van der Waals surface area contributed by atoms with Gasteiger partial charge in [0.1, 0.15) is 5.78 Å². The summed E-state index contributed by atoms with van der Waals surface area (Å²) in [6.07, 6.45) is 0. The Morgan fingerprint density at radius 2 is 2.20 bits per heavy atom. The number of Topliss-reactive ketones (excluding diaryl/α,β-unsaturated/α-hetero) is 1. The van der Waals surface area contributed by atoms with Crippen molar-refractivity contribution >= 4 is 5.78 Å². The SMILES string of the molecule is CC(=O)[C@H]1CN(C)C[C@@H]1N. The highest BCUT2D eigenvalue weighted by Gasteiger charge is 2.30. The van der Waals surface area contributed by atoms with Crippen LogP contribution in [0, 0.1) is 5.92 Å². The van der Waals surface area contributed by atoms with E-state index < -0.39 is 0 Å². The highest BCUT2D eigenvalue weighted by molar-refractivity contribution is 5.79. The van der Waals surface area contributed by atoms with E-state index in [0.29, 0.717) is 0 Å². The number of hydrogen-bond acceptors (Lipinski definition) is 3. The van der Waals surface area contributed by atoms with Gasteiger partial charge in [0.15, 0.2) is 0 Å². The topological polar surface area (TPSA) is 46.3 Å². The number of likely N-dealkylation sites (N-methyl/N-ethyl adjacent to an activating group) is 1.